The third kappa shape index (κ3) is 6.55. The number of carbonyl (C=O) groups excluding carboxylic acids is 1. The first-order chi connectivity index (χ1) is 4.04. The Morgan fingerprint density at radius 2 is 1.90 bits per heavy atom. The van der Waals surface area contributed by atoms with Gasteiger partial charge in [0.1, 0.15) is 0 Å². The summed E-state index contributed by atoms with van der Waals surface area (Å²) in [5.41, 5.74) is 10.3. The third-order valence-corrected chi connectivity index (χ3v) is 1.09. The van der Waals surface area contributed by atoms with Crippen LogP contribution in [0.2, 0.25) is 0 Å². The number of amides is 1. The molecule has 1 atom stereocenters. The molecule has 0 aliphatic rings. The Morgan fingerprint density at radius 1 is 1.50 bits per heavy atom. The second-order valence-electron chi connectivity index (χ2n) is 2.64. The largest absolute Gasteiger partial charge is 0.368 e. The minimum absolute atomic E-state index is 0. The molecule has 0 rings (SSSR count). The molecule has 0 bridgehead atoms. The van der Waals surface area contributed by atoms with Crippen molar-refractivity contribution in [2.45, 2.75) is 26.3 Å². The molecule has 0 spiro atoms. The molecule has 0 aliphatic carbocycles. The molecule has 4 N–H and O–H groups in total. The van der Waals surface area contributed by atoms with Gasteiger partial charge in [-0.3, -0.25) is 4.79 Å². The van der Waals surface area contributed by atoms with E-state index in [1.165, 1.54) is 0 Å². The van der Waals surface area contributed by atoms with E-state index in [1.807, 2.05) is 13.8 Å². The molecular formula is C6H14N2NaO. The first-order valence-corrected chi connectivity index (χ1v) is 3.09. The van der Waals surface area contributed by atoms with Gasteiger partial charge in [0.25, 0.3) is 0 Å². The van der Waals surface area contributed by atoms with Crippen LogP contribution in [0.15, 0.2) is 0 Å². The van der Waals surface area contributed by atoms with Crippen LogP contribution in [0.5, 0.6) is 0 Å². The van der Waals surface area contributed by atoms with E-state index in [9.17, 15) is 4.79 Å². The molecular weight excluding hydrogens is 139 g/mol. The van der Waals surface area contributed by atoms with Crippen molar-refractivity contribution < 1.29 is 4.79 Å². The second-order valence-corrected chi connectivity index (χ2v) is 2.64. The molecule has 4 heteroatoms. The Balaban J connectivity index is 0. The SMILES string of the molecule is CC(C)C[C@H](N)C(N)=O.[Na]. The molecule has 1 amide bonds. The van der Waals surface area contributed by atoms with Gasteiger partial charge in [-0.05, 0) is 12.3 Å². The fourth-order valence-electron chi connectivity index (χ4n) is 0.624. The molecule has 0 saturated heterocycles. The van der Waals surface area contributed by atoms with Crippen LogP contribution in [0.25, 0.3) is 0 Å². The summed E-state index contributed by atoms with van der Waals surface area (Å²) in [6.45, 7) is 4.01. The Morgan fingerprint density at radius 3 is 2.00 bits per heavy atom. The number of carbonyl (C=O) groups is 1. The first kappa shape index (κ1) is 13.1. The molecule has 10 heavy (non-hydrogen) atoms. The molecule has 0 aromatic carbocycles. The summed E-state index contributed by atoms with van der Waals surface area (Å²) in [5.74, 6) is 0.0243. The van der Waals surface area contributed by atoms with Crippen LogP contribution in [-0.4, -0.2) is 41.5 Å². The van der Waals surface area contributed by atoms with E-state index in [0.29, 0.717) is 12.3 Å². The average molecular weight is 153 g/mol. The molecule has 1 radical (unpaired) electrons. The number of primary amides is 1. The van der Waals surface area contributed by atoms with E-state index >= 15 is 0 Å². The minimum Gasteiger partial charge on any atom is -0.368 e. The third-order valence-electron chi connectivity index (χ3n) is 1.09. The zero-order valence-corrected chi connectivity index (χ0v) is 8.92. The first-order valence-electron chi connectivity index (χ1n) is 3.09. The van der Waals surface area contributed by atoms with E-state index in [2.05, 4.69) is 0 Å². The summed E-state index contributed by atoms with van der Waals surface area (Å²) < 4.78 is 0. The van der Waals surface area contributed by atoms with Gasteiger partial charge in [-0.1, -0.05) is 13.8 Å². The number of hydrogen-bond acceptors (Lipinski definition) is 2. The van der Waals surface area contributed by atoms with Gasteiger partial charge in [0.2, 0.25) is 5.91 Å². The molecule has 55 valence electrons. The van der Waals surface area contributed by atoms with Gasteiger partial charge < -0.3 is 11.5 Å². The van der Waals surface area contributed by atoms with Gasteiger partial charge in [-0.15, -0.1) is 0 Å². The summed E-state index contributed by atoms with van der Waals surface area (Å²) in [5, 5.41) is 0. The van der Waals surface area contributed by atoms with Crippen molar-refractivity contribution in [1.82, 2.24) is 0 Å². The van der Waals surface area contributed by atoms with Gasteiger partial charge in [0.15, 0.2) is 0 Å². The van der Waals surface area contributed by atoms with Gasteiger partial charge in [-0.2, -0.15) is 0 Å². The van der Waals surface area contributed by atoms with Crippen molar-refractivity contribution in [1.29, 1.82) is 0 Å². The van der Waals surface area contributed by atoms with Crippen molar-refractivity contribution in [3.63, 3.8) is 0 Å². The predicted octanol–water partition coefficient (Wildman–Crippen LogP) is -0.536. The second kappa shape index (κ2) is 6.16. The van der Waals surface area contributed by atoms with Crippen LogP contribution in [0, 0.1) is 5.92 Å². The van der Waals surface area contributed by atoms with E-state index in [0.717, 1.165) is 0 Å². The molecule has 0 unspecified atom stereocenters. The van der Waals surface area contributed by atoms with Crippen LogP contribution >= 0.6 is 0 Å². The summed E-state index contributed by atoms with van der Waals surface area (Å²) >= 11 is 0. The Labute approximate surface area is 83.8 Å². The molecule has 0 fully saturated rings. The fraction of sp³-hybridized carbons (Fsp3) is 0.833. The maximum atomic E-state index is 10.3. The fourth-order valence-corrected chi connectivity index (χ4v) is 0.624. The van der Waals surface area contributed by atoms with Crippen LogP contribution in [0.1, 0.15) is 20.3 Å². The van der Waals surface area contributed by atoms with Crippen molar-refractivity contribution in [3.05, 3.63) is 0 Å². The molecule has 0 heterocycles. The Bertz CT molecular complexity index is 106. The smallest absolute Gasteiger partial charge is 0.234 e. The van der Waals surface area contributed by atoms with Gasteiger partial charge >= 0.3 is 0 Å². The summed E-state index contributed by atoms with van der Waals surface area (Å²) in [6, 6.07) is -0.468. The van der Waals surface area contributed by atoms with Crippen molar-refractivity contribution in [2.75, 3.05) is 0 Å². The monoisotopic (exact) mass is 153 g/mol. The summed E-state index contributed by atoms with van der Waals surface area (Å²) in [4.78, 5) is 10.3. The molecule has 0 aromatic rings. The molecule has 0 aliphatic heterocycles. The molecule has 3 nitrogen and oxygen atoms in total. The summed E-state index contributed by atoms with van der Waals surface area (Å²) in [6.07, 6.45) is 0.676. The van der Waals surface area contributed by atoms with E-state index < -0.39 is 11.9 Å². The van der Waals surface area contributed by atoms with Crippen LogP contribution in [-0.2, 0) is 4.79 Å². The van der Waals surface area contributed by atoms with Gasteiger partial charge in [-0.25, -0.2) is 0 Å². The Kier molecular flexibility index (Phi) is 8.04. The number of nitrogens with two attached hydrogens (primary N) is 2. The molecule has 0 saturated carbocycles. The van der Waals surface area contributed by atoms with Crippen molar-refractivity contribution in [3.8, 4) is 0 Å². The predicted molar refractivity (Wildman–Crippen MR) is 42.4 cm³/mol. The van der Waals surface area contributed by atoms with E-state index in [1.54, 1.807) is 0 Å². The van der Waals surface area contributed by atoms with Crippen LogP contribution in [0.3, 0.4) is 0 Å². The van der Waals surface area contributed by atoms with Crippen molar-refractivity contribution >= 4 is 35.5 Å². The van der Waals surface area contributed by atoms with Gasteiger partial charge in [0, 0.05) is 29.6 Å². The maximum absolute atomic E-state index is 10.3. The number of rotatable bonds is 3. The average Bonchev–Trinajstić information content (AvgIpc) is 1.63. The van der Waals surface area contributed by atoms with Crippen molar-refractivity contribution in [2.24, 2.45) is 17.4 Å². The van der Waals surface area contributed by atoms with E-state index in [-0.39, 0.29) is 29.6 Å². The van der Waals surface area contributed by atoms with Crippen LogP contribution in [0.4, 0.5) is 0 Å². The summed E-state index contributed by atoms with van der Waals surface area (Å²) in [7, 11) is 0. The van der Waals surface area contributed by atoms with Gasteiger partial charge in [0.05, 0.1) is 6.04 Å². The zero-order chi connectivity index (χ0) is 7.44. The normalized spacial score (nSPS) is 12.4. The quantitative estimate of drug-likeness (QED) is 0.535. The standard InChI is InChI=1S/C6H14N2O.Na/c1-4(2)3-5(7)6(8)9;/h4-5H,3,7H2,1-2H3,(H2,8,9);/t5-;/m0./s1. The number of hydrogen-bond donors (Lipinski definition) is 2. The minimum atomic E-state index is -0.468. The zero-order valence-electron chi connectivity index (χ0n) is 6.92. The molecule has 0 aromatic heterocycles. The maximum Gasteiger partial charge on any atom is 0.234 e. The Hall–Kier alpha value is 0.430. The topological polar surface area (TPSA) is 69.1 Å². The van der Waals surface area contributed by atoms with E-state index in [4.69, 9.17) is 11.5 Å². The van der Waals surface area contributed by atoms with Crippen LogP contribution < -0.4 is 11.5 Å².